The van der Waals surface area contributed by atoms with E-state index in [0.29, 0.717) is 21.8 Å². The summed E-state index contributed by atoms with van der Waals surface area (Å²) >= 11 is 1.29. The standard InChI is InChI=1S/C25H24N4O4S/c1-14-10-15(2)23(16(3)11-14)28-24(31)18-6-9-20-21(13-18)34-25(26-20)27-22(30)12-17-4-7-19(8-5-17)29(32)33/h4-11,13,32-33H,12H2,1-3H3,(H,28,31)(H,26,27,30). The van der Waals surface area contributed by atoms with Crippen LogP contribution in [0.25, 0.3) is 10.2 Å². The molecule has 0 aliphatic rings. The van der Waals surface area contributed by atoms with Gasteiger partial charge in [0.05, 0.1) is 22.3 Å². The number of carbonyl (C=O) groups excluding carboxylic acids is 2. The van der Waals surface area contributed by atoms with Crippen LogP contribution >= 0.6 is 11.3 Å². The van der Waals surface area contributed by atoms with Gasteiger partial charge in [0.15, 0.2) is 5.13 Å². The highest BCUT2D eigenvalue weighted by molar-refractivity contribution is 7.22. The van der Waals surface area contributed by atoms with Crippen LogP contribution in [0.5, 0.6) is 0 Å². The summed E-state index contributed by atoms with van der Waals surface area (Å²) in [6.45, 7) is 5.97. The van der Waals surface area contributed by atoms with Gasteiger partial charge in [-0.15, -0.1) is 5.23 Å². The molecule has 9 heteroatoms. The Bertz CT molecular complexity index is 1360. The molecule has 0 saturated carbocycles. The van der Waals surface area contributed by atoms with Gasteiger partial charge in [-0.1, -0.05) is 41.2 Å². The van der Waals surface area contributed by atoms with Crippen LogP contribution in [-0.2, 0) is 11.2 Å². The lowest BCUT2D eigenvalue weighted by Gasteiger charge is -2.12. The van der Waals surface area contributed by atoms with Crippen LogP contribution in [0.3, 0.4) is 0 Å². The summed E-state index contributed by atoms with van der Waals surface area (Å²) in [6, 6.07) is 15.6. The van der Waals surface area contributed by atoms with Crippen molar-refractivity contribution in [3.05, 3.63) is 82.4 Å². The highest BCUT2D eigenvalue weighted by Crippen LogP contribution is 2.28. The summed E-state index contributed by atoms with van der Waals surface area (Å²) in [5.74, 6) is -0.455. The number of nitrogens with one attached hydrogen (secondary N) is 2. The van der Waals surface area contributed by atoms with Gasteiger partial charge < -0.3 is 10.6 Å². The number of anilines is 3. The minimum absolute atomic E-state index is 0.0165. The first-order chi connectivity index (χ1) is 16.2. The molecule has 4 aromatic rings. The normalized spacial score (nSPS) is 10.9. The van der Waals surface area contributed by atoms with Crippen LogP contribution in [0.1, 0.15) is 32.6 Å². The number of amides is 2. The van der Waals surface area contributed by atoms with E-state index in [1.165, 1.54) is 23.5 Å². The molecule has 0 radical (unpaired) electrons. The van der Waals surface area contributed by atoms with E-state index in [1.807, 2.05) is 32.9 Å². The van der Waals surface area contributed by atoms with Crippen molar-refractivity contribution >= 4 is 49.9 Å². The van der Waals surface area contributed by atoms with Gasteiger partial charge in [-0.05, 0) is 67.8 Å². The molecule has 8 nitrogen and oxygen atoms in total. The van der Waals surface area contributed by atoms with Crippen LogP contribution in [0.4, 0.5) is 16.5 Å². The molecular formula is C25H24N4O4S. The maximum atomic E-state index is 12.9. The third-order valence-corrected chi connectivity index (χ3v) is 6.28. The number of aryl methyl sites for hydroxylation is 3. The van der Waals surface area contributed by atoms with Crippen molar-refractivity contribution in [2.24, 2.45) is 0 Å². The molecule has 0 saturated heterocycles. The second-order valence-electron chi connectivity index (χ2n) is 8.11. The van der Waals surface area contributed by atoms with E-state index in [1.54, 1.807) is 30.3 Å². The van der Waals surface area contributed by atoms with E-state index in [0.717, 1.165) is 27.1 Å². The highest BCUT2D eigenvalue weighted by atomic mass is 32.1. The molecule has 2 amide bonds. The summed E-state index contributed by atoms with van der Waals surface area (Å²) in [7, 11) is 0. The lowest BCUT2D eigenvalue weighted by Crippen LogP contribution is -2.14. The lowest BCUT2D eigenvalue weighted by molar-refractivity contribution is -0.115. The number of carbonyl (C=O) groups is 2. The number of hydrogen-bond donors (Lipinski definition) is 4. The van der Waals surface area contributed by atoms with Gasteiger partial charge in [0, 0.05) is 11.3 Å². The van der Waals surface area contributed by atoms with Gasteiger partial charge >= 0.3 is 0 Å². The predicted molar refractivity (Wildman–Crippen MR) is 133 cm³/mol. The Morgan fingerprint density at radius 2 is 1.62 bits per heavy atom. The van der Waals surface area contributed by atoms with Gasteiger partial charge in [0.2, 0.25) is 5.91 Å². The van der Waals surface area contributed by atoms with Gasteiger partial charge in [-0.25, -0.2) is 4.98 Å². The van der Waals surface area contributed by atoms with Crippen molar-refractivity contribution in [2.75, 3.05) is 15.9 Å². The molecule has 4 N–H and O–H groups in total. The fourth-order valence-electron chi connectivity index (χ4n) is 3.78. The number of fused-ring (bicyclic) bond motifs is 1. The molecule has 0 bridgehead atoms. The van der Waals surface area contributed by atoms with Crippen molar-refractivity contribution in [3.63, 3.8) is 0 Å². The minimum atomic E-state index is -0.250. The van der Waals surface area contributed by atoms with Crippen molar-refractivity contribution in [1.29, 1.82) is 0 Å². The van der Waals surface area contributed by atoms with Gasteiger partial charge in [0.25, 0.3) is 5.91 Å². The van der Waals surface area contributed by atoms with E-state index in [-0.39, 0.29) is 29.1 Å². The monoisotopic (exact) mass is 476 g/mol. The summed E-state index contributed by atoms with van der Waals surface area (Å²) in [4.78, 5) is 29.7. The molecule has 0 unspecified atom stereocenters. The quantitative estimate of drug-likeness (QED) is 0.283. The Balaban J connectivity index is 1.45. The topological polar surface area (TPSA) is 115 Å². The molecule has 0 aliphatic heterocycles. The van der Waals surface area contributed by atoms with E-state index >= 15 is 0 Å². The molecular weight excluding hydrogens is 452 g/mol. The molecule has 0 fully saturated rings. The van der Waals surface area contributed by atoms with Gasteiger partial charge in [-0.3, -0.25) is 20.0 Å². The smallest absolute Gasteiger partial charge is 0.255 e. The maximum absolute atomic E-state index is 12.9. The van der Waals surface area contributed by atoms with E-state index in [2.05, 4.69) is 15.6 Å². The molecule has 0 atom stereocenters. The highest BCUT2D eigenvalue weighted by Gasteiger charge is 2.14. The molecule has 174 valence electrons. The van der Waals surface area contributed by atoms with Crippen LogP contribution < -0.4 is 15.9 Å². The third kappa shape index (κ3) is 5.23. The average molecular weight is 477 g/mol. The van der Waals surface area contributed by atoms with Crippen LogP contribution in [-0.4, -0.2) is 27.2 Å². The number of hydrogen-bond acceptors (Lipinski definition) is 7. The molecule has 34 heavy (non-hydrogen) atoms. The largest absolute Gasteiger partial charge is 0.322 e. The van der Waals surface area contributed by atoms with Crippen LogP contribution in [0, 0.1) is 20.8 Å². The van der Waals surface area contributed by atoms with Crippen LogP contribution in [0.2, 0.25) is 0 Å². The number of aromatic nitrogens is 1. The Kier molecular flexibility index (Phi) is 6.60. The number of rotatable bonds is 6. The summed E-state index contributed by atoms with van der Waals surface area (Å²) < 4.78 is 0.788. The molecule has 3 aromatic carbocycles. The van der Waals surface area contributed by atoms with Crippen molar-refractivity contribution in [1.82, 2.24) is 4.98 Å². The lowest BCUT2D eigenvalue weighted by atomic mass is 10.0. The van der Waals surface area contributed by atoms with E-state index in [4.69, 9.17) is 10.4 Å². The van der Waals surface area contributed by atoms with Crippen molar-refractivity contribution in [2.45, 2.75) is 27.2 Å². The zero-order chi connectivity index (χ0) is 24.4. The Morgan fingerprint density at radius 1 is 0.941 bits per heavy atom. The fraction of sp³-hybridized carbons (Fsp3) is 0.160. The molecule has 0 aliphatic carbocycles. The Hall–Kier alpha value is -3.79. The second kappa shape index (κ2) is 9.60. The zero-order valence-electron chi connectivity index (χ0n) is 18.9. The minimum Gasteiger partial charge on any atom is -0.322 e. The second-order valence-corrected chi connectivity index (χ2v) is 9.14. The molecule has 1 heterocycles. The van der Waals surface area contributed by atoms with Crippen molar-refractivity contribution in [3.8, 4) is 0 Å². The zero-order valence-corrected chi connectivity index (χ0v) is 19.7. The number of benzene rings is 3. The van der Waals surface area contributed by atoms with E-state index < -0.39 is 0 Å². The van der Waals surface area contributed by atoms with Crippen molar-refractivity contribution < 1.29 is 20.0 Å². The van der Waals surface area contributed by atoms with Gasteiger partial charge in [0.1, 0.15) is 0 Å². The number of nitrogens with zero attached hydrogens (tertiary/aromatic N) is 2. The average Bonchev–Trinajstić information content (AvgIpc) is 3.17. The first kappa shape index (κ1) is 23.4. The summed E-state index contributed by atoms with van der Waals surface area (Å²) in [5, 5.41) is 24.2. The van der Waals surface area contributed by atoms with E-state index in [9.17, 15) is 9.59 Å². The third-order valence-electron chi connectivity index (χ3n) is 5.34. The predicted octanol–water partition coefficient (Wildman–Crippen LogP) is 5.24. The maximum Gasteiger partial charge on any atom is 0.255 e. The summed E-state index contributed by atoms with van der Waals surface area (Å²) in [6.07, 6.45) is 0.107. The Morgan fingerprint density at radius 3 is 2.26 bits per heavy atom. The molecule has 0 spiro atoms. The first-order valence-corrected chi connectivity index (χ1v) is 11.4. The van der Waals surface area contributed by atoms with Crippen LogP contribution in [0.15, 0.2) is 54.6 Å². The fourth-order valence-corrected chi connectivity index (χ4v) is 4.70. The Labute approximate surface area is 200 Å². The SMILES string of the molecule is Cc1cc(C)c(NC(=O)c2ccc3nc(NC(=O)Cc4ccc(N(O)O)cc4)sc3c2)c(C)c1. The first-order valence-electron chi connectivity index (χ1n) is 10.6. The summed E-state index contributed by atoms with van der Waals surface area (Å²) in [5.41, 5.74) is 6.08. The number of thiazole rings is 1. The van der Waals surface area contributed by atoms with Gasteiger partial charge in [-0.2, -0.15) is 0 Å². The molecule has 4 rings (SSSR count). The molecule has 1 aromatic heterocycles.